The summed E-state index contributed by atoms with van der Waals surface area (Å²) in [6.07, 6.45) is 1.18. The molecule has 1 aromatic heterocycles. The zero-order chi connectivity index (χ0) is 24.4. The van der Waals surface area contributed by atoms with Crippen molar-refractivity contribution >= 4 is 5.91 Å². The van der Waals surface area contributed by atoms with Crippen LogP contribution in [0, 0.1) is 5.41 Å². The fourth-order valence-corrected chi connectivity index (χ4v) is 5.63. The monoisotopic (exact) mass is 473 g/mol. The van der Waals surface area contributed by atoms with E-state index < -0.39 is 0 Å². The molecule has 7 heteroatoms. The second-order valence-corrected chi connectivity index (χ2v) is 10.4. The number of hydrogen-bond acceptors (Lipinski definition) is 5. The number of amides is 1. The molecule has 184 valence electrons. The molecule has 3 aromatic rings. The van der Waals surface area contributed by atoms with Gasteiger partial charge in [0.15, 0.2) is 5.82 Å². The SMILES string of the molecule is COc1ccccc1CCC(=O)N1CC2(CN(Cc3ccccc3)CC2c2nc(C(C)C)n[nH]2)C1. The molecule has 5 rings (SSSR count). The molecule has 0 aliphatic carbocycles. The highest BCUT2D eigenvalue weighted by molar-refractivity contribution is 5.77. The lowest BCUT2D eigenvalue weighted by molar-refractivity contribution is -0.143. The van der Waals surface area contributed by atoms with Crippen LogP contribution in [0.15, 0.2) is 54.6 Å². The van der Waals surface area contributed by atoms with Gasteiger partial charge in [-0.1, -0.05) is 62.4 Å². The normalized spacial score (nSPS) is 19.3. The van der Waals surface area contributed by atoms with Crippen molar-refractivity contribution in [3.05, 3.63) is 77.4 Å². The first-order chi connectivity index (χ1) is 17.0. The molecule has 2 saturated heterocycles. The van der Waals surface area contributed by atoms with Crippen LogP contribution in [0.25, 0.3) is 0 Å². The number of aromatic nitrogens is 3. The Labute approximate surface area is 207 Å². The number of nitrogens with zero attached hydrogens (tertiary/aromatic N) is 4. The van der Waals surface area contributed by atoms with Crippen molar-refractivity contribution in [3.63, 3.8) is 0 Å². The van der Waals surface area contributed by atoms with Gasteiger partial charge in [-0.05, 0) is 23.6 Å². The van der Waals surface area contributed by atoms with Gasteiger partial charge >= 0.3 is 0 Å². The molecule has 0 saturated carbocycles. The fourth-order valence-electron chi connectivity index (χ4n) is 5.63. The van der Waals surface area contributed by atoms with Crippen molar-refractivity contribution < 1.29 is 9.53 Å². The predicted octanol–water partition coefficient (Wildman–Crippen LogP) is 4.00. The van der Waals surface area contributed by atoms with E-state index in [1.54, 1.807) is 7.11 Å². The van der Waals surface area contributed by atoms with E-state index in [9.17, 15) is 4.79 Å². The van der Waals surface area contributed by atoms with E-state index in [1.165, 1.54) is 5.56 Å². The molecule has 1 unspecified atom stereocenters. The summed E-state index contributed by atoms with van der Waals surface area (Å²) in [7, 11) is 1.68. The van der Waals surface area contributed by atoms with Crippen LogP contribution in [0.3, 0.4) is 0 Å². The molecule has 1 atom stereocenters. The first kappa shape index (κ1) is 23.5. The van der Waals surface area contributed by atoms with Gasteiger partial charge in [0.25, 0.3) is 0 Å². The van der Waals surface area contributed by atoms with Crippen molar-refractivity contribution in [2.24, 2.45) is 5.41 Å². The van der Waals surface area contributed by atoms with E-state index >= 15 is 0 Å². The number of hydrogen-bond donors (Lipinski definition) is 1. The van der Waals surface area contributed by atoms with Crippen LogP contribution in [0.1, 0.15) is 54.9 Å². The Balaban J connectivity index is 1.28. The molecule has 2 fully saturated rings. The summed E-state index contributed by atoms with van der Waals surface area (Å²) < 4.78 is 5.45. The highest BCUT2D eigenvalue weighted by Gasteiger charge is 2.56. The third-order valence-corrected chi connectivity index (χ3v) is 7.50. The molecule has 0 bridgehead atoms. The standard InChI is InChI=1S/C28H35N5O2/c1-20(2)26-29-27(31-30-26)23-16-32(15-21-9-5-4-6-10-21)17-28(23)18-33(19-28)25(34)14-13-22-11-7-8-12-24(22)35-3/h4-12,20,23H,13-19H2,1-3H3,(H,29,30,31). The minimum absolute atomic E-state index is 0.0165. The Morgan fingerprint density at radius 3 is 2.57 bits per heavy atom. The number of nitrogens with one attached hydrogen (secondary N) is 1. The molecule has 2 aliphatic rings. The third-order valence-electron chi connectivity index (χ3n) is 7.50. The number of likely N-dealkylation sites (tertiary alicyclic amines) is 2. The van der Waals surface area contributed by atoms with Crippen LogP contribution < -0.4 is 4.74 Å². The van der Waals surface area contributed by atoms with Crippen molar-refractivity contribution in [1.29, 1.82) is 0 Å². The van der Waals surface area contributed by atoms with E-state index in [4.69, 9.17) is 9.72 Å². The zero-order valence-corrected chi connectivity index (χ0v) is 20.9. The minimum Gasteiger partial charge on any atom is -0.496 e. The first-order valence-electron chi connectivity index (χ1n) is 12.6. The molecule has 1 N–H and O–H groups in total. The summed E-state index contributed by atoms with van der Waals surface area (Å²) in [5.74, 6) is 3.41. The molecule has 7 nitrogen and oxygen atoms in total. The third kappa shape index (κ3) is 4.82. The minimum atomic E-state index is 0.0165. The number of aryl methyl sites for hydroxylation is 1. The molecule has 2 aromatic carbocycles. The number of rotatable bonds is 8. The van der Waals surface area contributed by atoms with Gasteiger partial charge in [0.05, 0.1) is 7.11 Å². The van der Waals surface area contributed by atoms with E-state index in [-0.39, 0.29) is 23.2 Å². The molecule has 0 radical (unpaired) electrons. The van der Waals surface area contributed by atoms with Crippen LogP contribution in [0.4, 0.5) is 0 Å². The summed E-state index contributed by atoms with van der Waals surface area (Å²) in [5.41, 5.74) is 2.41. The van der Waals surface area contributed by atoms with E-state index in [1.807, 2.05) is 29.2 Å². The first-order valence-corrected chi connectivity index (χ1v) is 12.6. The van der Waals surface area contributed by atoms with Gasteiger partial charge in [-0.3, -0.25) is 14.8 Å². The Morgan fingerprint density at radius 1 is 1.11 bits per heavy atom. The van der Waals surface area contributed by atoms with Crippen LogP contribution in [-0.4, -0.2) is 64.2 Å². The van der Waals surface area contributed by atoms with E-state index in [0.29, 0.717) is 12.8 Å². The van der Waals surface area contributed by atoms with Gasteiger partial charge in [-0.15, -0.1) is 0 Å². The number of aromatic amines is 1. The van der Waals surface area contributed by atoms with Gasteiger partial charge in [0.1, 0.15) is 11.6 Å². The van der Waals surface area contributed by atoms with Crippen molar-refractivity contribution in [3.8, 4) is 5.75 Å². The summed E-state index contributed by atoms with van der Waals surface area (Å²) in [5, 5.41) is 7.71. The van der Waals surface area contributed by atoms with Crippen LogP contribution in [0.5, 0.6) is 5.75 Å². The summed E-state index contributed by atoms with van der Waals surface area (Å²) in [4.78, 5) is 22.5. The average molecular weight is 474 g/mol. The Hall–Kier alpha value is -3.19. The lowest BCUT2D eigenvalue weighted by Crippen LogP contribution is -2.61. The quantitative estimate of drug-likeness (QED) is 0.535. The van der Waals surface area contributed by atoms with E-state index in [0.717, 1.165) is 55.7 Å². The lowest BCUT2D eigenvalue weighted by Gasteiger charge is -2.50. The van der Waals surface area contributed by atoms with Gasteiger partial charge in [0, 0.05) is 56.4 Å². The second kappa shape index (κ2) is 9.82. The fraction of sp³-hybridized carbons (Fsp3) is 0.464. The van der Waals surface area contributed by atoms with Crippen molar-refractivity contribution in [2.45, 2.75) is 45.1 Å². The molecular weight excluding hydrogens is 438 g/mol. The molecule has 3 heterocycles. The summed E-state index contributed by atoms with van der Waals surface area (Å²) >= 11 is 0. The number of ether oxygens (including phenoxy) is 1. The average Bonchev–Trinajstić information content (AvgIpc) is 3.48. The molecule has 1 spiro atoms. The smallest absolute Gasteiger partial charge is 0.222 e. The predicted molar refractivity (Wildman–Crippen MR) is 135 cm³/mol. The summed E-state index contributed by atoms with van der Waals surface area (Å²) in [6.45, 7) is 8.56. The number of benzene rings is 2. The Kier molecular flexibility index (Phi) is 6.60. The van der Waals surface area contributed by atoms with Crippen LogP contribution >= 0.6 is 0 Å². The van der Waals surface area contributed by atoms with Gasteiger partial charge in [-0.2, -0.15) is 5.10 Å². The van der Waals surface area contributed by atoms with Gasteiger partial charge in [-0.25, -0.2) is 4.98 Å². The molecule has 2 aliphatic heterocycles. The van der Waals surface area contributed by atoms with Crippen LogP contribution in [0.2, 0.25) is 0 Å². The van der Waals surface area contributed by atoms with Crippen LogP contribution in [-0.2, 0) is 17.8 Å². The highest BCUT2D eigenvalue weighted by atomic mass is 16.5. The largest absolute Gasteiger partial charge is 0.496 e. The number of para-hydroxylation sites is 1. The van der Waals surface area contributed by atoms with Crippen molar-refractivity contribution in [2.75, 3.05) is 33.3 Å². The Bertz CT molecular complexity index is 1150. The topological polar surface area (TPSA) is 74.3 Å². The number of carbonyl (C=O) groups is 1. The molecule has 35 heavy (non-hydrogen) atoms. The number of H-pyrrole nitrogens is 1. The highest BCUT2D eigenvalue weighted by Crippen LogP contribution is 2.49. The zero-order valence-electron chi connectivity index (χ0n) is 20.9. The number of carbonyl (C=O) groups excluding carboxylic acids is 1. The number of methoxy groups -OCH3 is 1. The maximum Gasteiger partial charge on any atom is 0.222 e. The molecule has 1 amide bonds. The summed E-state index contributed by atoms with van der Waals surface area (Å²) in [6, 6.07) is 18.5. The Morgan fingerprint density at radius 2 is 1.86 bits per heavy atom. The second-order valence-electron chi connectivity index (χ2n) is 10.4. The van der Waals surface area contributed by atoms with Gasteiger partial charge in [0.2, 0.25) is 5.91 Å². The van der Waals surface area contributed by atoms with Crippen molar-refractivity contribution in [1.82, 2.24) is 25.0 Å². The molecular formula is C28H35N5O2. The lowest BCUT2D eigenvalue weighted by atomic mass is 9.71. The van der Waals surface area contributed by atoms with E-state index in [2.05, 4.69) is 59.3 Å². The maximum atomic E-state index is 13.1. The maximum absolute atomic E-state index is 13.1. The van der Waals surface area contributed by atoms with Gasteiger partial charge < -0.3 is 9.64 Å².